The molecule has 2 saturated heterocycles. The van der Waals surface area contributed by atoms with Crippen LogP contribution in [0.1, 0.15) is 12.0 Å². The first kappa shape index (κ1) is 23.2. The molecular formula is C22H16BrN3O5S3. The number of rotatable bonds is 4. The number of benzene rings is 1. The first-order valence-corrected chi connectivity index (χ1v) is 14.0. The molecule has 1 amide bonds. The lowest BCUT2D eigenvalue weighted by Gasteiger charge is -2.20. The van der Waals surface area contributed by atoms with E-state index in [1.807, 2.05) is 0 Å². The Morgan fingerprint density at radius 2 is 1.94 bits per heavy atom. The number of carbonyl (C=O) groups excluding carboxylic acids is 1. The maximum atomic E-state index is 13.3. The van der Waals surface area contributed by atoms with Gasteiger partial charge in [-0.1, -0.05) is 46.0 Å². The summed E-state index contributed by atoms with van der Waals surface area (Å²) in [5, 5.41) is 0. The summed E-state index contributed by atoms with van der Waals surface area (Å²) in [5.74, 6) is -0.00932. The average Bonchev–Trinajstić information content (AvgIpc) is 3.29. The van der Waals surface area contributed by atoms with Crippen LogP contribution in [0.4, 0.5) is 0 Å². The zero-order valence-electron chi connectivity index (χ0n) is 17.4. The SMILES string of the molecule is O=C1C(=Cc2c(Oc3ccc(Br)cc3)nc3ccccn3c2=O)SC(=S)N1C1CCS(=O)(=O)C1. The van der Waals surface area contributed by atoms with Crippen molar-refractivity contribution in [2.45, 2.75) is 12.5 Å². The van der Waals surface area contributed by atoms with E-state index in [4.69, 9.17) is 17.0 Å². The molecule has 174 valence electrons. The first-order chi connectivity index (χ1) is 16.2. The maximum absolute atomic E-state index is 13.3. The quantitative estimate of drug-likeness (QED) is 0.342. The van der Waals surface area contributed by atoms with E-state index in [9.17, 15) is 18.0 Å². The average molecular weight is 578 g/mol. The van der Waals surface area contributed by atoms with Gasteiger partial charge in [0, 0.05) is 10.7 Å². The number of fused-ring (bicyclic) bond motifs is 1. The highest BCUT2D eigenvalue weighted by Crippen LogP contribution is 2.37. The molecule has 5 rings (SSSR count). The minimum Gasteiger partial charge on any atom is -0.438 e. The standard InChI is InChI=1S/C22H16BrN3O5S3/c23-13-4-6-15(7-5-13)31-19-16(20(27)25-9-2-1-3-18(25)24-19)11-17-21(28)26(22(32)33-17)14-8-10-34(29,30)12-14/h1-7,9,11,14H,8,10,12H2. The molecule has 2 fully saturated rings. The molecule has 1 unspecified atom stereocenters. The second-order valence-electron chi connectivity index (χ2n) is 7.73. The van der Waals surface area contributed by atoms with Gasteiger partial charge in [0.25, 0.3) is 11.5 Å². The molecule has 0 bridgehead atoms. The van der Waals surface area contributed by atoms with Gasteiger partial charge in [0.05, 0.1) is 22.5 Å². The molecular weight excluding hydrogens is 562 g/mol. The molecule has 1 aromatic carbocycles. The molecule has 12 heteroatoms. The van der Waals surface area contributed by atoms with Crippen LogP contribution in [0.2, 0.25) is 0 Å². The number of amides is 1. The lowest BCUT2D eigenvalue weighted by atomic mass is 10.2. The third-order valence-corrected chi connectivity index (χ3v) is 9.04. The van der Waals surface area contributed by atoms with Crippen LogP contribution in [-0.2, 0) is 14.6 Å². The molecule has 2 aliphatic heterocycles. The summed E-state index contributed by atoms with van der Waals surface area (Å²) in [5.41, 5.74) is 0.0676. The summed E-state index contributed by atoms with van der Waals surface area (Å²) in [4.78, 5) is 32.6. The fourth-order valence-corrected chi connectivity index (χ4v) is 7.15. The van der Waals surface area contributed by atoms with Gasteiger partial charge < -0.3 is 4.74 Å². The Kier molecular flexibility index (Phi) is 6.09. The van der Waals surface area contributed by atoms with Crippen molar-refractivity contribution in [3.8, 4) is 11.6 Å². The van der Waals surface area contributed by atoms with E-state index in [1.165, 1.54) is 15.4 Å². The van der Waals surface area contributed by atoms with Crippen molar-refractivity contribution in [2.75, 3.05) is 11.5 Å². The number of pyridine rings is 1. The summed E-state index contributed by atoms with van der Waals surface area (Å²) >= 11 is 9.78. The molecule has 0 aliphatic carbocycles. The largest absolute Gasteiger partial charge is 0.438 e. The minimum absolute atomic E-state index is 0.0227. The second-order valence-corrected chi connectivity index (χ2v) is 12.5. The third kappa shape index (κ3) is 4.42. The van der Waals surface area contributed by atoms with E-state index >= 15 is 0 Å². The number of hydrogen-bond donors (Lipinski definition) is 0. The number of ether oxygens (including phenoxy) is 1. The number of carbonyl (C=O) groups is 1. The van der Waals surface area contributed by atoms with E-state index in [2.05, 4.69) is 20.9 Å². The number of sulfone groups is 1. The van der Waals surface area contributed by atoms with Gasteiger partial charge in [-0.2, -0.15) is 4.98 Å². The van der Waals surface area contributed by atoms with Crippen LogP contribution in [-0.4, -0.2) is 50.5 Å². The smallest absolute Gasteiger partial charge is 0.269 e. The highest BCUT2D eigenvalue weighted by molar-refractivity contribution is 9.10. The fourth-order valence-electron chi connectivity index (χ4n) is 3.80. The van der Waals surface area contributed by atoms with Gasteiger partial charge in [0.15, 0.2) is 9.84 Å². The van der Waals surface area contributed by atoms with Crippen LogP contribution < -0.4 is 10.3 Å². The molecule has 8 nitrogen and oxygen atoms in total. The Labute approximate surface area is 212 Å². The van der Waals surface area contributed by atoms with E-state index in [0.29, 0.717) is 17.8 Å². The summed E-state index contributed by atoms with van der Waals surface area (Å²) < 4.78 is 32.3. The van der Waals surface area contributed by atoms with Gasteiger partial charge in [-0.25, -0.2) is 8.42 Å². The Bertz CT molecular complexity index is 1530. The van der Waals surface area contributed by atoms with Crippen molar-refractivity contribution in [2.24, 2.45) is 0 Å². The zero-order chi connectivity index (χ0) is 24.0. The lowest BCUT2D eigenvalue weighted by Crippen LogP contribution is -2.39. The van der Waals surface area contributed by atoms with E-state index in [0.717, 1.165) is 16.2 Å². The Morgan fingerprint density at radius 3 is 2.65 bits per heavy atom. The van der Waals surface area contributed by atoms with Gasteiger partial charge in [0.2, 0.25) is 5.88 Å². The lowest BCUT2D eigenvalue weighted by molar-refractivity contribution is -0.123. The molecule has 3 aromatic rings. The second kappa shape index (κ2) is 8.91. The molecule has 2 aliphatic rings. The number of aromatic nitrogens is 2. The van der Waals surface area contributed by atoms with Crippen LogP contribution >= 0.6 is 39.9 Å². The summed E-state index contributed by atoms with van der Waals surface area (Å²) in [7, 11) is -3.20. The Hall–Kier alpha value is -2.54. The van der Waals surface area contributed by atoms with Gasteiger partial charge in [-0.05, 0) is 48.9 Å². The maximum Gasteiger partial charge on any atom is 0.269 e. The number of thiocarbonyl (C=S) groups is 1. The van der Waals surface area contributed by atoms with Crippen LogP contribution in [0, 0.1) is 0 Å². The molecule has 1 atom stereocenters. The van der Waals surface area contributed by atoms with Crippen molar-refractivity contribution in [1.82, 2.24) is 14.3 Å². The van der Waals surface area contributed by atoms with Gasteiger partial charge >= 0.3 is 0 Å². The van der Waals surface area contributed by atoms with Crippen LogP contribution in [0.25, 0.3) is 11.7 Å². The highest BCUT2D eigenvalue weighted by Gasteiger charge is 2.42. The first-order valence-electron chi connectivity index (χ1n) is 10.1. The number of thioether (sulfide) groups is 1. The number of nitrogens with zero attached hydrogens (tertiary/aromatic N) is 3. The van der Waals surface area contributed by atoms with Crippen molar-refractivity contribution >= 4 is 71.7 Å². The van der Waals surface area contributed by atoms with Crippen molar-refractivity contribution in [3.05, 3.63) is 74.0 Å². The van der Waals surface area contributed by atoms with E-state index in [-0.39, 0.29) is 32.2 Å². The summed E-state index contributed by atoms with van der Waals surface area (Å²) in [6.07, 6.45) is 3.34. The Balaban J connectivity index is 1.58. The summed E-state index contributed by atoms with van der Waals surface area (Å²) in [6.45, 7) is 0. The van der Waals surface area contributed by atoms with E-state index < -0.39 is 27.3 Å². The van der Waals surface area contributed by atoms with Crippen molar-refractivity contribution in [1.29, 1.82) is 0 Å². The predicted octanol–water partition coefficient (Wildman–Crippen LogP) is 3.64. The van der Waals surface area contributed by atoms with Gasteiger partial charge in [0.1, 0.15) is 21.3 Å². The molecule has 0 radical (unpaired) electrons. The zero-order valence-corrected chi connectivity index (χ0v) is 21.4. The van der Waals surface area contributed by atoms with Gasteiger partial charge in [-0.3, -0.25) is 18.9 Å². The fraction of sp³-hybridized carbons (Fsp3) is 0.182. The molecule has 34 heavy (non-hydrogen) atoms. The van der Waals surface area contributed by atoms with Gasteiger partial charge in [-0.15, -0.1) is 0 Å². The molecule has 0 spiro atoms. The molecule has 0 saturated carbocycles. The topological polar surface area (TPSA) is 98.0 Å². The molecule has 4 heterocycles. The Morgan fingerprint density at radius 1 is 1.18 bits per heavy atom. The van der Waals surface area contributed by atoms with Crippen LogP contribution in [0.5, 0.6) is 11.6 Å². The number of halogens is 1. The highest BCUT2D eigenvalue weighted by atomic mass is 79.9. The molecule has 2 aromatic heterocycles. The van der Waals surface area contributed by atoms with E-state index in [1.54, 1.807) is 48.7 Å². The predicted molar refractivity (Wildman–Crippen MR) is 138 cm³/mol. The monoisotopic (exact) mass is 577 g/mol. The summed E-state index contributed by atoms with van der Waals surface area (Å²) in [6, 6.07) is 11.7. The molecule has 0 N–H and O–H groups in total. The minimum atomic E-state index is -3.20. The third-order valence-electron chi connectivity index (χ3n) is 5.43. The van der Waals surface area contributed by atoms with Crippen molar-refractivity contribution in [3.63, 3.8) is 0 Å². The van der Waals surface area contributed by atoms with Crippen LogP contribution in [0.3, 0.4) is 0 Å². The normalized spacial score (nSPS) is 21.0. The number of hydrogen-bond acceptors (Lipinski definition) is 8. The van der Waals surface area contributed by atoms with Crippen LogP contribution in [0.15, 0.2) is 62.8 Å². The van der Waals surface area contributed by atoms with Crippen molar-refractivity contribution < 1.29 is 17.9 Å².